The lowest BCUT2D eigenvalue weighted by Gasteiger charge is -2.46. The first-order valence-corrected chi connectivity index (χ1v) is 14.4. The van der Waals surface area contributed by atoms with Gasteiger partial charge < -0.3 is 14.7 Å². The number of rotatable bonds is 6. The van der Waals surface area contributed by atoms with Crippen LogP contribution in [-0.2, 0) is 20.4 Å². The first-order chi connectivity index (χ1) is 17.6. The van der Waals surface area contributed by atoms with Crippen LogP contribution in [-0.4, -0.2) is 91.3 Å². The standard InChI is InChI=1S/C26H34F3N3O4S2/c1-24(2)18-30(14-15-36-24)16-21-17-31(38(34,35)23-7-5-4-6-22(23)37)12-13-32(21)20-10-8-19(9-11-20)25(3,33)26(27,28)29/h4-5,7-11,21,33H,6,12-18H2,1-3H3/t21-,25-/m1/s1. The lowest BCUT2D eigenvalue weighted by Crippen LogP contribution is -2.60. The molecule has 1 aromatic carbocycles. The van der Waals surface area contributed by atoms with Crippen LogP contribution in [0.4, 0.5) is 18.9 Å². The maximum atomic E-state index is 13.5. The van der Waals surface area contributed by atoms with Crippen molar-refractivity contribution in [2.75, 3.05) is 50.8 Å². The Hall–Kier alpha value is -1.83. The van der Waals surface area contributed by atoms with Crippen LogP contribution in [0.1, 0.15) is 32.8 Å². The molecule has 1 aromatic rings. The Morgan fingerprint density at radius 2 is 1.84 bits per heavy atom. The normalized spacial score (nSPS) is 25.2. The van der Waals surface area contributed by atoms with E-state index in [4.69, 9.17) is 17.0 Å². The van der Waals surface area contributed by atoms with Crippen molar-refractivity contribution >= 4 is 32.8 Å². The van der Waals surface area contributed by atoms with E-state index < -0.39 is 21.8 Å². The molecule has 4 rings (SSSR count). The average molecular weight is 574 g/mol. The van der Waals surface area contributed by atoms with Crippen LogP contribution in [0.2, 0.25) is 0 Å². The lowest BCUT2D eigenvalue weighted by atomic mass is 9.95. The molecule has 2 saturated heterocycles. The Kier molecular flexibility index (Phi) is 8.15. The fourth-order valence-electron chi connectivity index (χ4n) is 5.14. The summed E-state index contributed by atoms with van der Waals surface area (Å²) in [7, 11) is -3.80. The van der Waals surface area contributed by atoms with Crippen molar-refractivity contribution < 1.29 is 31.4 Å². The van der Waals surface area contributed by atoms with Gasteiger partial charge in [-0.2, -0.15) is 17.5 Å². The van der Waals surface area contributed by atoms with Crippen LogP contribution in [0.3, 0.4) is 0 Å². The topological polar surface area (TPSA) is 73.3 Å². The zero-order valence-electron chi connectivity index (χ0n) is 21.7. The third kappa shape index (κ3) is 6.00. The van der Waals surface area contributed by atoms with Gasteiger partial charge in [-0.25, -0.2) is 8.42 Å². The number of piperazine rings is 1. The average Bonchev–Trinajstić information content (AvgIpc) is 2.83. The van der Waals surface area contributed by atoms with Crippen LogP contribution in [0.5, 0.6) is 0 Å². The van der Waals surface area contributed by atoms with Crippen molar-refractivity contribution in [2.45, 2.75) is 50.6 Å². The molecule has 2 aliphatic heterocycles. The molecule has 0 saturated carbocycles. The number of halogens is 3. The molecular weight excluding hydrogens is 539 g/mol. The summed E-state index contributed by atoms with van der Waals surface area (Å²) in [6, 6.07) is 5.39. The summed E-state index contributed by atoms with van der Waals surface area (Å²) < 4.78 is 74.4. The number of morpholine rings is 1. The minimum absolute atomic E-state index is 0.147. The Morgan fingerprint density at radius 3 is 2.45 bits per heavy atom. The van der Waals surface area contributed by atoms with Gasteiger partial charge in [-0.1, -0.05) is 36.5 Å². The smallest absolute Gasteiger partial charge is 0.376 e. The fourth-order valence-corrected chi connectivity index (χ4v) is 7.21. The molecule has 0 aromatic heterocycles. The van der Waals surface area contributed by atoms with E-state index in [1.54, 1.807) is 18.2 Å². The first kappa shape index (κ1) is 29.2. The summed E-state index contributed by atoms with van der Waals surface area (Å²) in [5.74, 6) is 0. The number of anilines is 1. The zero-order chi connectivity index (χ0) is 27.9. The summed E-state index contributed by atoms with van der Waals surface area (Å²) in [6.45, 7) is 7.95. The first-order valence-electron chi connectivity index (χ1n) is 12.5. The number of ether oxygens (including phenoxy) is 1. The van der Waals surface area contributed by atoms with Crippen molar-refractivity contribution in [3.63, 3.8) is 0 Å². The molecule has 1 aliphatic carbocycles. The van der Waals surface area contributed by atoms with Crippen LogP contribution in [0.25, 0.3) is 0 Å². The van der Waals surface area contributed by atoms with Crippen LogP contribution in [0.15, 0.2) is 47.4 Å². The molecule has 38 heavy (non-hydrogen) atoms. The fraction of sp³-hybridized carbons (Fsp3) is 0.577. The van der Waals surface area contributed by atoms with Gasteiger partial charge in [-0.15, -0.1) is 0 Å². The highest BCUT2D eigenvalue weighted by Gasteiger charge is 2.51. The van der Waals surface area contributed by atoms with E-state index in [2.05, 4.69) is 4.90 Å². The van der Waals surface area contributed by atoms with Gasteiger partial charge in [0.2, 0.25) is 10.0 Å². The van der Waals surface area contributed by atoms with E-state index in [0.717, 1.165) is 6.92 Å². The highest BCUT2D eigenvalue weighted by atomic mass is 32.2. The van der Waals surface area contributed by atoms with E-state index in [0.29, 0.717) is 49.8 Å². The molecular formula is C26H34F3N3O4S2. The predicted molar refractivity (Wildman–Crippen MR) is 145 cm³/mol. The van der Waals surface area contributed by atoms with Crippen molar-refractivity contribution in [3.8, 4) is 0 Å². The number of benzene rings is 1. The monoisotopic (exact) mass is 573 g/mol. The molecule has 7 nitrogen and oxygen atoms in total. The SMILES string of the molecule is CC1(C)CN(C[C@@H]2CN(S(=O)(=O)C3=CC=CCC3=S)CCN2c2ccc([C@@](C)(O)C(F)(F)F)cc2)CCO1. The molecule has 2 atom stereocenters. The summed E-state index contributed by atoms with van der Waals surface area (Å²) >= 11 is 5.34. The molecule has 210 valence electrons. The van der Waals surface area contributed by atoms with E-state index >= 15 is 0 Å². The second-order valence-electron chi connectivity index (χ2n) is 10.8. The molecule has 0 unspecified atom stereocenters. The minimum Gasteiger partial charge on any atom is -0.376 e. The van der Waals surface area contributed by atoms with Gasteiger partial charge in [0.15, 0.2) is 5.60 Å². The van der Waals surface area contributed by atoms with Gasteiger partial charge >= 0.3 is 6.18 Å². The molecule has 0 spiro atoms. The Balaban J connectivity index is 1.61. The van der Waals surface area contributed by atoms with E-state index in [-0.39, 0.29) is 35.2 Å². The molecule has 1 N–H and O–H groups in total. The molecule has 12 heteroatoms. The number of allylic oxidation sites excluding steroid dienone is 4. The Bertz CT molecular complexity index is 1210. The molecule has 0 bridgehead atoms. The van der Waals surface area contributed by atoms with Crippen LogP contribution < -0.4 is 4.90 Å². The van der Waals surface area contributed by atoms with Gasteiger partial charge in [-0.3, -0.25) is 4.90 Å². The largest absolute Gasteiger partial charge is 0.421 e. The van der Waals surface area contributed by atoms with Crippen LogP contribution in [0, 0.1) is 0 Å². The van der Waals surface area contributed by atoms with Gasteiger partial charge in [0.25, 0.3) is 0 Å². The third-order valence-electron chi connectivity index (χ3n) is 7.31. The Morgan fingerprint density at radius 1 is 1.16 bits per heavy atom. The molecule has 2 heterocycles. The van der Waals surface area contributed by atoms with Gasteiger partial charge in [0.05, 0.1) is 23.2 Å². The summed E-state index contributed by atoms with van der Waals surface area (Å²) in [4.78, 5) is 4.80. The molecule has 0 radical (unpaired) electrons. The van der Waals surface area contributed by atoms with Crippen molar-refractivity contribution in [1.29, 1.82) is 0 Å². The lowest BCUT2D eigenvalue weighted by molar-refractivity contribution is -0.258. The van der Waals surface area contributed by atoms with Gasteiger partial charge in [0, 0.05) is 56.2 Å². The van der Waals surface area contributed by atoms with E-state index in [9.17, 15) is 26.7 Å². The minimum atomic E-state index is -4.82. The Labute approximate surface area is 227 Å². The quantitative estimate of drug-likeness (QED) is 0.522. The molecule has 3 aliphatic rings. The maximum Gasteiger partial charge on any atom is 0.421 e. The number of sulfonamides is 1. The summed E-state index contributed by atoms with van der Waals surface area (Å²) in [6.07, 6.45) is 0.647. The number of nitrogens with zero attached hydrogens (tertiary/aromatic N) is 3. The van der Waals surface area contributed by atoms with E-state index in [1.807, 2.05) is 24.8 Å². The summed E-state index contributed by atoms with van der Waals surface area (Å²) in [5.41, 5.74) is -2.92. The van der Waals surface area contributed by atoms with E-state index in [1.165, 1.54) is 22.5 Å². The maximum absolute atomic E-state index is 13.5. The van der Waals surface area contributed by atoms with Crippen molar-refractivity contribution in [3.05, 3.63) is 53.0 Å². The number of thiocarbonyl (C=S) groups is 1. The zero-order valence-corrected chi connectivity index (χ0v) is 23.4. The second-order valence-corrected chi connectivity index (χ2v) is 13.2. The number of alkyl halides is 3. The second kappa shape index (κ2) is 10.6. The molecule has 0 amide bonds. The van der Waals surface area contributed by atoms with Gasteiger partial charge in [0.1, 0.15) is 0 Å². The number of hydrogen-bond acceptors (Lipinski definition) is 7. The highest BCUT2D eigenvalue weighted by Crippen LogP contribution is 2.39. The number of aliphatic hydroxyl groups is 1. The number of hydrogen-bond donors (Lipinski definition) is 1. The predicted octanol–water partition coefficient (Wildman–Crippen LogP) is 3.60. The highest BCUT2D eigenvalue weighted by molar-refractivity contribution is 7.96. The molecule has 2 fully saturated rings. The van der Waals surface area contributed by atoms with Crippen LogP contribution >= 0.6 is 12.2 Å². The van der Waals surface area contributed by atoms with Crippen molar-refractivity contribution in [1.82, 2.24) is 9.21 Å². The third-order valence-corrected chi connectivity index (χ3v) is 9.78. The van der Waals surface area contributed by atoms with Gasteiger partial charge in [-0.05, 0) is 44.5 Å². The van der Waals surface area contributed by atoms with Crippen molar-refractivity contribution in [2.24, 2.45) is 0 Å². The summed E-state index contributed by atoms with van der Waals surface area (Å²) in [5, 5.41) is 10.1.